The molecule has 3 fully saturated rings. The number of carbonyl (C=O) groups is 1. The van der Waals surface area contributed by atoms with Gasteiger partial charge in [0, 0.05) is 6.42 Å². The number of nitrogens with zero attached hydrogens (tertiary/aromatic N) is 3. The van der Waals surface area contributed by atoms with Crippen LogP contribution in [0.15, 0.2) is 22.2 Å². The Hall–Kier alpha value is -1.63. The second-order valence-electron chi connectivity index (χ2n) is 11.5. The van der Waals surface area contributed by atoms with Gasteiger partial charge in [-0.05, 0) is 105 Å². The number of aliphatic hydroxyl groups excluding tert-OH is 1. The maximum absolute atomic E-state index is 11.2. The number of rotatable bonds is 4. The second-order valence-corrected chi connectivity index (χ2v) is 11.5. The van der Waals surface area contributed by atoms with Crippen molar-refractivity contribution >= 4 is 5.97 Å². The number of hydrogen-bond acceptors (Lipinski definition) is 6. The molecule has 0 unspecified atom stereocenters. The maximum atomic E-state index is 11.2. The lowest BCUT2D eigenvalue weighted by molar-refractivity contribution is -0.137. The van der Waals surface area contributed by atoms with Crippen molar-refractivity contribution in [3.8, 4) is 0 Å². The van der Waals surface area contributed by atoms with E-state index in [4.69, 9.17) is 0 Å². The summed E-state index contributed by atoms with van der Waals surface area (Å²) in [6.07, 6.45) is 10.9. The standard InChI is InChI=1S/C24H38N4O3/c1-14(4-9-22(30)31)18-7-8-19-17-6-5-15-12-16(29)10-11-23(15,2)20(17)13-21-25-26-27-28(21)24(18,19)3/h13-20,29H,4-12H2,1-3H3,(H,25,27)(H,30,31)/t14-,15-,16-,17+,18-,19+,20+,23+,24-/m1/s1. The summed E-state index contributed by atoms with van der Waals surface area (Å²) in [6, 6.07) is 0. The third kappa shape index (κ3) is 3.13. The Morgan fingerprint density at radius 3 is 2.87 bits per heavy atom. The molecule has 2 aliphatic heterocycles. The van der Waals surface area contributed by atoms with Crippen LogP contribution in [0.2, 0.25) is 0 Å². The van der Waals surface area contributed by atoms with Gasteiger partial charge in [0.15, 0.2) is 5.82 Å². The quantitative estimate of drug-likeness (QED) is 0.610. The molecule has 0 aromatic heterocycles. The number of aliphatic hydroxyl groups is 1. The van der Waals surface area contributed by atoms with Gasteiger partial charge in [0.25, 0.3) is 0 Å². The van der Waals surface area contributed by atoms with Gasteiger partial charge in [-0.3, -0.25) is 4.79 Å². The summed E-state index contributed by atoms with van der Waals surface area (Å²) in [5, 5.41) is 30.5. The lowest BCUT2D eigenvalue weighted by atomic mass is 9.49. The smallest absolute Gasteiger partial charge is 0.303 e. The Morgan fingerprint density at radius 1 is 1.29 bits per heavy atom. The molecule has 3 aliphatic carbocycles. The third-order valence-electron chi connectivity index (χ3n) is 10.2. The highest BCUT2D eigenvalue weighted by atomic mass is 16.4. The molecule has 3 N–H and O–H groups in total. The first-order chi connectivity index (χ1) is 14.7. The van der Waals surface area contributed by atoms with Gasteiger partial charge in [0.2, 0.25) is 0 Å². The average Bonchev–Trinajstić information content (AvgIpc) is 3.31. The molecule has 0 aromatic carbocycles. The van der Waals surface area contributed by atoms with E-state index in [-0.39, 0.29) is 23.5 Å². The molecule has 5 rings (SSSR count). The normalized spacial score (nSPS) is 46.7. The van der Waals surface area contributed by atoms with Gasteiger partial charge in [-0.1, -0.05) is 19.1 Å². The van der Waals surface area contributed by atoms with E-state index in [2.05, 4.69) is 47.7 Å². The number of hydrogen-bond donors (Lipinski definition) is 3. The first-order valence-corrected chi connectivity index (χ1v) is 12.3. The van der Waals surface area contributed by atoms with Gasteiger partial charge in [-0.15, -0.1) is 5.11 Å². The molecular formula is C24H38N4O3. The van der Waals surface area contributed by atoms with E-state index in [1.54, 1.807) is 0 Å². The van der Waals surface area contributed by atoms with Crippen molar-refractivity contribution in [2.24, 2.45) is 51.3 Å². The highest BCUT2D eigenvalue weighted by Gasteiger charge is 2.62. The molecule has 9 atom stereocenters. The molecule has 0 bridgehead atoms. The van der Waals surface area contributed by atoms with Crippen molar-refractivity contribution in [1.29, 1.82) is 0 Å². The fourth-order valence-electron chi connectivity index (χ4n) is 8.56. The van der Waals surface area contributed by atoms with Crippen molar-refractivity contribution < 1.29 is 15.0 Å². The van der Waals surface area contributed by atoms with Gasteiger partial charge in [-0.2, -0.15) is 5.53 Å². The fourth-order valence-corrected chi connectivity index (χ4v) is 8.56. The van der Waals surface area contributed by atoms with Crippen molar-refractivity contribution in [3.63, 3.8) is 0 Å². The molecular weight excluding hydrogens is 392 g/mol. The molecule has 0 amide bonds. The number of hydrazine groups is 1. The topological polar surface area (TPSA) is 97.5 Å². The third-order valence-corrected chi connectivity index (χ3v) is 10.2. The molecule has 2 heterocycles. The van der Waals surface area contributed by atoms with Crippen LogP contribution in [0.5, 0.6) is 0 Å². The van der Waals surface area contributed by atoms with Crippen LogP contribution < -0.4 is 5.53 Å². The summed E-state index contributed by atoms with van der Waals surface area (Å²) in [6.45, 7) is 7.08. The van der Waals surface area contributed by atoms with E-state index in [1.165, 1.54) is 19.3 Å². The van der Waals surface area contributed by atoms with Gasteiger partial charge < -0.3 is 10.2 Å². The van der Waals surface area contributed by atoms with E-state index >= 15 is 0 Å². The number of carboxylic acid groups (broad SMARTS) is 1. The van der Waals surface area contributed by atoms with Crippen molar-refractivity contribution in [2.75, 3.05) is 0 Å². The zero-order valence-electron chi connectivity index (χ0n) is 19.1. The molecule has 7 nitrogen and oxygen atoms in total. The predicted octanol–water partition coefficient (Wildman–Crippen LogP) is 4.51. The lowest BCUT2D eigenvalue weighted by Gasteiger charge is -2.56. The van der Waals surface area contributed by atoms with Gasteiger partial charge >= 0.3 is 5.97 Å². The molecule has 7 heteroatoms. The predicted molar refractivity (Wildman–Crippen MR) is 116 cm³/mol. The summed E-state index contributed by atoms with van der Waals surface area (Å²) < 4.78 is 0. The first-order valence-electron chi connectivity index (χ1n) is 12.3. The Labute approximate surface area is 185 Å². The van der Waals surface area contributed by atoms with E-state index in [1.807, 2.05) is 0 Å². The van der Waals surface area contributed by atoms with Gasteiger partial charge in [0.05, 0.1) is 11.6 Å². The SMILES string of the molecule is C[C@H](CCC(=O)O)[C@H]1CC[C@H]2[C@@H]3CC[C@@H]4C[C@H](O)CC[C@]4(C)[C@H]3C=C3N=NNN3[C@]12C. The summed E-state index contributed by atoms with van der Waals surface area (Å²) in [5.41, 5.74) is 3.31. The number of fused-ring (bicyclic) bond motifs is 7. The molecule has 3 saturated carbocycles. The molecule has 0 spiro atoms. The Bertz CT molecular complexity index is 800. The van der Waals surface area contributed by atoms with Crippen LogP contribution in [0.3, 0.4) is 0 Å². The first kappa shape index (κ1) is 21.2. The van der Waals surface area contributed by atoms with Crippen molar-refractivity contribution in [1.82, 2.24) is 10.5 Å². The van der Waals surface area contributed by atoms with Crippen LogP contribution >= 0.6 is 0 Å². The van der Waals surface area contributed by atoms with Crippen LogP contribution in [-0.2, 0) is 4.79 Å². The largest absolute Gasteiger partial charge is 0.481 e. The lowest BCUT2D eigenvalue weighted by Crippen LogP contribution is -2.58. The second kappa shape index (κ2) is 7.46. The van der Waals surface area contributed by atoms with Gasteiger partial charge in [-0.25, -0.2) is 5.01 Å². The average molecular weight is 431 g/mol. The number of aliphatic carboxylic acids is 1. The Kier molecular flexibility index (Phi) is 5.11. The summed E-state index contributed by atoms with van der Waals surface area (Å²) >= 11 is 0. The Balaban J connectivity index is 1.51. The summed E-state index contributed by atoms with van der Waals surface area (Å²) in [4.78, 5) is 11.2. The fraction of sp³-hybridized carbons (Fsp3) is 0.875. The zero-order chi connectivity index (χ0) is 22.0. The Morgan fingerprint density at radius 2 is 2.10 bits per heavy atom. The van der Waals surface area contributed by atoms with Crippen LogP contribution in [-0.4, -0.2) is 32.8 Å². The van der Waals surface area contributed by atoms with Crippen molar-refractivity contribution in [3.05, 3.63) is 11.9 Å². The van der Waals surface area contributed by atoms with Crippen molar-refractivity contribution in [2.45, 2.75) is 90.2 Å². The van der Waals surface area contributed by atoms with Gasteiger partial charge in [0.1, 0.15) is 0 Å². The maximum Gasteiger partial charge on any atom is 0.303 e. The van der Waals surface area contributed by atoms with Crippen LogP contribution in [0.4, 0.5) is 0 Å². The minimum absolute atomic E-state index is 0.121. The van der Waals surface area contributed by atoms with Crippen LogP contribution in [0.1, 0.15) is 78.6 Å². The van der Waals surface area contributed by atoms with E-state index in [0.717, 1.165) is 37.9 Å². The molecule has 5 aliphatic rings. The summed E-state index contributed by atoms with van der Waals surface area (Å²) in [5.74, 6) is 3.16. The molecule has 172 valence electrons. The van der Waals surface area contributed by atoms with E-state index in [9.17, 15) is 15.0 Å². The molecule has 31 heavy (non-hydrogen) atoms. The number of nitrogens with one attached hydrogen (secondary N) is 1. The highest BCUT2D eigenvalue weighted by molar-refractivity contribution is 5.66. The van der Waals surface area contributed by atoms with Crippen LogP contribution in [0.25, 0.3) is 0 Å². The number of allylic oxidation sites excluding steroid dienone is 1. The molecule has 0 radical (unpaired) electrons. The molecule has 0 saturated heterocycles. The minimum atomic E-state index is -0.705. The summed E-state index contributed by atoms with van der Waals surface area (Å²) in [7, 11) is 0. The van der Waals surface area contributed by atoms with Crippen LogP contribution in [0, 0.1) is 40.9 Å². The highest BCUT2D eigenvalue weighted by Crippen LogP contribution is 2.64. The van der Waals surface area contributed by atoms with E-state index in [0.29, 0.717) is 35.5 Å². The molecule has 0 aromatic rings. The minimum Gasteiger partial charge on any atom is -0.481 e. The van der Waals surface area contributed by atoms with E-state index < -0.39 is 5.97 Å². The number of carboxylic acids is 1. The zero-order valence-corrected chi connectivity index (χ0v) is 19.1. The monoisotopic (exact) mass is 430 g/mol.